The van der Waals surface area contributed by atoms with Gasteiger partial charge in [0.15, 0.2) is 5.11 Å². The lowest BCUT2D eigenvalue weighted by molar-refractivity contribution is 0.203. The Morgan fingerprint density at radius 3 is 3.17 bits per heavy atom. The number of rotatable bonds is 4. The van der Waals surface area contributed by atoms with Crippen molar-refractivity contribution in [1.29, 1.82) is 0 Å². The molecule has 1 atom stereocenters. The lowest BCUT2D eigenvalue weighted by Gasteiger charge is -2.27. The van der Waals surface area contributed by atoms with Crippen LogP contribution < -0.4 is 15.4 Å². The third-order valence-corrected chi connectivity index (χ3v) is 3.12. The molecule has 18 heavy (non-hydrogen) atoms. The van der Waals surface area contributed by atoms with Crippen LogP contribution in [-0.4, -0.2) is 32.0 Å². The largest absolute Gasteiger partial charge is 0.493 e. The van der Waals surface area contributed by atoms with Gasteiger partial charge in [0, 0.05) is 25.6 Å². The molecule has 0 bridgehead atoms. The summed E-state index contributed by atoms with van der Waals surface area (Å²) in [6.07, 6.45) is 0.920. The fourth-order valence-electron chi connectivity index (χ4n) is 1.97. The van der Waals surface area contributed by atoms with Crippen LogP contribution in [0.15, 0.2) is 24.3 Å². The van der Waals surface area contributed by atoms with E-state index < -0.39 is 0 Å². The standard InChI is InChI=1S/C13H18N2O2S/c1-16-9-7-14-13(18)15-11-6-8-17-12-5-3-2-4-10(11)12/h2-5,11H,6-9H2,1H3,(H2,14,15,18)/t11-/m0/s1. The zero-order valence-corrected chi connectivity index (χ0v) is 11.3. The van der Waals surface area contributed by atoms with E-state index in [-0.39, 0.29) is 6.04 Å². The third kappa shape index (κ3) is 3.34. The van der Waals surface area contributed by atoms with Crippen LogP contribution in [0.4, 0.5) is 0 Å². The fraction of sp³-hybridized carbons (Fsp3) is 0.462. The summed E-state index contributed by atoms with van der Waals surface area (Å²) in [6, 6.07) is 8.28. The Balaban J connectivity index is 1.92. The van der Waals surface area contributed by atoms with E-state index >= 15 is 0 Å². The van der Waals surface area contributed by atoms with Crippen LogP contribution in [0.25, 0.3) is 0 Å². The summed E-state index contributed by atoms with van der Waals surface area (Å²) >= 11 is 5.26. The van der Waals surface area contributed by atoms with Crippen molar-refractivity contribution in [2.24, 2.45) is 0 Å². The second-order valence-electron chi connectivity index (χ2n) is 4.12. The maximum absolute atomic E-state index is 5.61. The number of para-hydroxylation sites is 1. The van der Waals surface area contributed by atoms with Crippen molar-refractivity contribution in [3.63, 3.8) is 0 Å². The highest BCUT2D eigenvalue weighted by atomic mass is 32.1. The van der Waals surface area contributed by atoms with Crippen molar-refractivity contribution < 1.29 is 9.47 Å². The summed E-state index contributed by atoms with van der Waals surface area (Å²) in [5, 5.41) is 7.10. The van der Waals surface area contributed by atoms with Gasteiger partial charge in [-0.15, -0.1) is 0 Å². The van der Waals surface area contributed by atoms with Gasteiger partial charge in [-0.3, -0.25) is 0 Å². The molecule has 98 valence electrons. The van der Waals surface area contributed by atoms with Crippen molar-refractivity contribution in [2.45, 2.75) is 12.5 Å². The first-order valence-corrected chi connectivity index (χ1v) is 6.47. The molecule has 4 nitrogen and oxygen atoms in total. The van der Waals surface area contributed by atoms with Gasteiger partial charge in [-0.25, -0.2) is 0 Å². The summed E-state index contributed by atoms with van der Waals surface area (Å²) < 4.78 is 10.6. The number of methoxy groups -OCH3 is 1. The molecule has 5 heteroatoms. The molecule has 0 saturated heterocycles. The predicted octanol–water partition coefficient (Wildman–Crippen LogP) is 1.62. The molecule has 1 aromatic rings. The summed E-state index contributed by atoms with van der Waals surface area (Å²) in [4.78, 5) is 0. The Kier molecular flexibility index (Phi) is 4.78. The predicted molar refractivity (Wildman–Crippen MR) is 74.9 cm³/mol. The van der Waals surface area contributed by atoms with Gasteiger partial charge in [-0.2, -0.15) is 0 Å². The molecule has 0 saturated carbocycles. The van der Waals surface area contributed by atoms with Crippen molar-refractivity contribution in [1.82, 2.24) is 10.6 Å². The maximum atomic E-state index is 5.61. The van der Waals surface area contributed by atoms with Crippen molar-refractivity contribution >= 4 is 17.3 Å². The lowest BCUT2D eigenvalue weighted by atomic mass is 10.0. The van der Waals surface area contributed by atoms with E-state index in [1.165, 1.54) is 5.56 Å². The first-order chi connectivity index (χ1) is 8.81. The van der Waals surface area contributed by atoms with E-state index in [0.717, 1.165) is 18.8 Å². The number of thiocarbonyl (C=S) groups is 1. The second-order valence-corrected chi connectivity index (χ2v) is 4.53. The maximum Gasteiger partial charge on any atom is 0.166 e. The quantitative estimate of drug-likeness (QED) is 0.640. The normalized spacial score (nSPS) is 17.5. The molecule has 1 aromatic carbocycles. The van der Waals surface area contributed by atoms with Gasteiger partial charge in [-0.05, 0) is 18.3 Å². The van der Waals surface area contributed by atoms with E-state index in [1.54, 1.807) is 7.11 Å². The van der Waals surface area contributed by atoms with Crippen LogP contribution in [0.1, 0.15) is 18.0 Å². The number of ether oxygens (including phenoxy) is 2. The number of hydrogen-bond acceptors (Lipinski definition) is 3. The zero-order valence-electron chi connectivity index (χ0n) is 10.4. The van der Waals surface area contributed by atoms with Crippen LogP contribution in [0.5, 0.6) is 5.75 Å². The SMILES string of the molecule is COCCNC(=S)N[C@H]1CCOc2ccccc21. The minimum Gasteiger partial charge on any atom is -0.493 e. The van der Waals surface area contributed by atoms with Gasteiger partial charge in [0.05, 0.1) is 19.3 Å². The monoisotopic (exact) mass is 266 g/mol. The minimum atomic E-state index is 0.220. The summed E-state index contributed by atoms with van der Waals surface area (Å²) in [7, 11) is 1.67. The van der Waals surface area contributed by atoms with Crippen LogP contribution in [0.2, 0.25) is 0 Å². The molecule has 2 rings (SSSR count). The molecule has 2 N–H and O–H groups in total. The minimum absolute atomic E-state index is 0.220. The molecule has 0 spiro atoms. The first kappa shape index (κ1) is 13.1. The van der Waals surface area contributed by atoms with Crippen molar-refractivity contribution in [3.8, 4) is 5.75 Å². The Morgan fingerprint density at radius 1 is 1.50 bits per heavy atom. The zero-order chi connectivity index (χ0) is 12.8. The van der Waals surface area contributed by atoms with E-state index in [1.807, 2.05) is 18.2 Å². The molecule has 0 fully saturated rings. The fourth-order valence-corrected chi connectivity index (χ4v) is 2.21. The van der Waals surface area contributed by atoms with Gasteiger partial charge in [-0.1, -0.05) is 18.2 Å². The first-order valence-electron chi connectivity index (χ1n) is 6.06. The Labute approximate surface area is 113 Å². The van der Waals surface area contributed by atoms with E-state index in [2.05, 4.69) is 16.7 Å². The summed E-state index contributed by atoms with van der Waals surface area (Å²) in [5.41, 5.74) is 1.17. The molecular weight excluding hydrogens is 248 g/mol. The Bertz CT molecular complexity index is 412. The molecule has 0 aliphatic carbocycles. The smallest absolute Gasteiger partial charge is 0.166 e. The molecule has 1 heterocycles. The average Bonchev–Trinajstić information content (AvgIpc) is 2.39. The summed E-state index contributed by atoms with van der Waals surface area (Å²) in [5.74, 6) is 0.945. The average molecular weight is 266 g/mol. The van der Waals surface area contributed by atoms with E-state index in [9.17, 15) is 0 Å². The topological polar surface area (TPSA) is 42.5 Å². The van der Waals surface area contributed by atoms with Crippen molar-refractivity contribution in [2.75, 3.05) is 26.9 Å². The highest BCUT2D eigenvalue weighted by molar-refractivity contribution is 7.80. The van der Waals surface area contributed by atoms with Gasteiger partial charge in [0.1, 0.15) is 5.75 Å². The van der Waals surface area contributed by atoms with E-state index in [4.69, 9.17) is 21.7 Å². The van der Waals surface area contributed by atoms with Crippen LogP contribution in [0.3, 0.4) is 0 Å². The van der Waals surface area contributed by atoms with Gasteiger partial charge in [0.2, 0.25) is 0 Å². The molecule has 0 unspecified atom stereocenters. The van der Waals surface area contributed by atoms with Crippen LogP contribution in [0, 0.1) is 0 Å². The third-order valence-electron chi connectivity index (χ3n) is 2.86. The molecule has 1 aliphatic rings. The van der Waals surface area contributed by atoms with Crippen LogP contribution >= 0.6 is 12.2 Å². The van der Waals surface area contributed by atoms with E-state index in [0.29, 0.717) is 18.3 Å². The molecule has 0 amide bonds. The van der Waals surface area contributed by atoms with Gasteiger partial charge < -0.3 is 20.1 Å². The van der Waals surface area contributed by atoms with Gasteiger partial charge >= 0.3 is 0 Å². The lowest BCUT2D eigenvalue weighted by Crippen LogP contribution is -2.40. The molecular formula is C13H18N2O2S. The number of hydrogen-bond donors (Lipinski definition) is 2. The Morgan fingerprint density at radius 2 is 2.33 bits per heavy atom. The molecule has 0 aromatic heterocycles. The second kappa shape index (κ2) is 6.56. The molecule has 1 aliphatic heterocycles. The van der Waals surface area contributed by atoms with Crippen LogP contribution in [-0.2, 0) is 4.74 Å². The number of fused-ring (bicyclic) bond motifs is 1. The Hall–Kier alpha value is -1.33. The highest BCUT2D eigenvalue weighted by Crippen LogP contribution is 2.31. The van der Waals surface area contributed by atoms with Gasteiger partial charge in [0.25, 0.3) is 0 Å². The number of benzene rings is 1. The highest BCUT2D eigenvalue weighted by Gasteiger charge is 2.21. The van der Waals surface area contributed by atoms with Crippen molar-refractivity contribution in [3.05, 3.63) is 29.8 Å². The molecule has 0 radical (unpaired) electrons. The number of nitrogens with one attached hydrogen (secondary N) is 2. The summed E-state index contributed by atoms with van der Waals surface area (Å²) in [6.45, 7) is 2.08.